The van der Waals surface area contributed by atoms with Crippen molar-refractivity contribution in [3.05, 3.63) is 36.7 Å². The molecule has 0 aromatic carbocycles. The third-order valence-corrected chi connectivity index (χ3v) is 1.37. The second-order valence-corrected chi connectivity index (χ2v) is 2.47. The fourth-order valence-electron chi connectivity index (χ4n) is 0.836. The van der Waals surface area contributed by atoms with Crippen LogP contribution < -0.4 is 0 Å². The molecule has 0 atom stereocenters. The van der Waals surface area contributed by atoms with Gasteiger partial charge in [0, 0.05) is 25.9 Å². The quantitative estimate of drug-likeness (QED) is 0.459. The minimum atomic E-state index is 0.877. The average Bonchev–Trinajstić information content (AvgIpc) is 2.05. The highest BCUT2D eigenvalue weighted by atomic mass is 15.2. The van der Waals surface area contributed by atoms with E-state index < -0.39 is 0 Å². The van der Waals surface area contributed by atoms with Gasteiger partial charge in [-0.1, -0.05) is 25.3 Å². The molecule has 0 bridgehead atoms. The number of allylic oxidation sites excluding steroid dienone is 3. The van der Waals surface area contributed by atoms with Crippen LogP contribution in [0, 0.1) is 0 Å². The second kappa shape index (κ2) is 5.35. The summed E-state index contributed by atoms with van der Waals surface area (Å²) in [6.45, 7) is 9.26. The van der Waals surface area contributed by atoms with Crippen molar-refractivity contribution in [1.29, 1.82) is 0 Å². The maximum absolute atomic E-state index is 4.20. The van der Waals surface area contributed by atoms with Crippen LogP contribution in [-0.4, -0.2) is 25.2 Å². The van der Waals surface area contributed by atoms with Gasteiger partial charge in [0.15, 0.2) is 0 Å². The van der Waals surface area contributed by atoms with Crippen LogP contribution in [0.2, 0.25) is 0 Å². The Balaban J connectivity index is 5.01. The molecule has 12 heavy (non-hydrogen) atoms. The molecule has 0 spiro atoms. The Kier molecular flexibility index (Phi) is 4.77. The van der Waals surface area contributed by atoms with Gasteiger partial charge in [-0.2, -0.15) is 0 Å². The molecule has 2 heteroatoms. The van der Waals surface area contributed by atoms with Crippen molar-refractivity contribution in [2.75, 3.05) is 14.1 Å². The molecule has 0 aromatic rings. The first kappa shape index (κ1) is 10.7. The lowest BCUT2D eigenvalue weighted by atomic mass is 10.2. The second-order valence-electron chi connectivity index (χ2n) is 2.47. The molecule has 0 aliphatic rings. The van der Waals surface area contributed by atoms with Gasteiger partial charge in [-0.15, -0.1) is 0 Å². The van der Waals surface area contributed by atoms with Crippen molar-refractivity contribution in [2.45, 2.75) is 6.92 Å². The molecule has 0 saturated heterocycles. The van der Waals surface area contributed by atoms with Gasteiger partial charge in [-0.3, -0.25) is 0 Å². The highest BCUT2D eigenvalue weighted by molar-refractivity contribution is 5.56. The van der Waals surface area contributed by atoms with Crippen molar-refractivity contribution < 1.29 is 0 Å². The van der Waals surface area contributed by atoms with Gasteiger partial charge in [-0.25, -0.2) is 4.99 Å². The molecular formula is C10H16N2. The summed E-state index contributed by atoms with van der Waals surface area (Å²) < 4.78 is 0. The zero-order valence-corrected chi connectivity index (χ0v) is 8.04. The average molecular weight is 164 g/mol. The van der Waals surface area contributed by atoms with E-state index in [-0.39, 0.29) is 0 Å². The molecule has 2 nitrogen and oxygen atoms in total. The normalized spacial score (nSPS) is 9.58. The zero-order chi connectivity index (χ0) is 9.56. The summed E-state index contributed by atoms with van der Waals surface area (Å²) in [7, 11) is 3.88. The summed E-state index contributed by atoms with van der Waals surface area (Å²) >= 11 is 0. The minimum absolute atomic E-state index is 0.877. The first-order valence-corrected chi connectivity index (χ1v) is 3.82. The third-order valence-electron chi connectivity index (χ3n) is 1.37. The van der Waals surface area contributed by atoms with Crippen LogP contribution in [0.25, 0.3) is 0 Å². The molecule has 0 heterocycles. The van der Waals surface area contributed by atoms with E-state index >= 15 is 0 Å². The van der Waals surface area contributed by atoms with Gasteiger partial charge in [0.25, 0.3) is 0 Å². The van der Waals surface area contributed by atoms with Crippen LogP contribution in [0.15, 0.2) is 41.7 Å². The molecular weight excluding hydrogens is 148 g/mol. The Hall–Kier alpha value is -1.31. The lowest BCUT2D eigenvalue weighted by Gasteiger charge is -2.14. The molecule has 66 valence electrons. The molecule has 0 unspecified atom stereocenters. The summed E-state index contributed by atoms with van der Waals surface area (Å²) in [6.07, 6.45) is 5.24. The van der Waals surface area contributed by atoms with Crippen molar-refractivity contribution >= 4 is 6.21 Å². The number of rotatable bonds is 4. The van der Waals surface area contributed by atoms with Gasteiger partial charge in [0.2, 0.25) is 0 Å². The van der Waals surface area contributed by atoms with Crippen LogP contribution in [0.1, 0.15) is 6.92 Å². The van der Waals surface area contributed by atoms with Crippen LogP contribution in [-0.2, 0) is 0 Å². The molecule has 0 saturated carbocycles. The summed E-state index contributed by atoms with van der Waals surface area (Å²) in [4.78, 5) is 6.13. The predicted molar refractivity (Wildman–Crippen MR) is 55.3 cm³/mol. The Morgan fingerprint density at radius 2 is 1.75 bits per heavy atom. The fraction of sp³-hybridized carbons (Fsp3) is 0.300. The SMILES string of the molecule is C=CC(C=C)=C(/N=C\C)N(C)C. The van der Waals surface area contributed by atoms with Crippen molar-refractivity contribution in [3.8, 4) is 0 Å². The van der Waals surface area contributed by atoms with Crippen molar-refractivity contribution in [3.63, 3.8) is 0 Å². The van der Waals surface area contributed by atoms with Crippen molar-refractivity contribution in [1.82, 2.24) is 4.90 Å². The van der Waals surface area contributed by atoms with E-state index in [2.05, 4.69) is 18.2 Å². The summed E-state index contributed by atoms with van der Waals surface area (Å²) in [5.74, 6) is 0.877. The van der Waals surface area contributed by atoms with Gasteiger partial charge < -0.3 is 4.90 Å². The first-order valence-electron chi connectivity index (χ1n) is 3.82. The molecule has 0 aromatic heterocycles. The molecule has 0 aliphatic carbocycles. The van der Waals surface area contributed by atoms with Crippen LogP contribution in [0.4, 0.5) is 0 Å². The van der Waals surface area contributed by atoms with E-state index in [1.54, 1.807) is 18.4 Å². The first-order chi connectivity index (χ1) is 5.67. The van der Waals surface area contributed by atoms with E-state index in [4.69, 9.17) is 0 Å². The van der Waals surface area contributed by atoms with Gasteiger partial charge >= 0.3 is 0 Å². The topological polar surface area (TPSA) is 15.6 Å². The van der Waals surface area contributed by atoms with Gasteiger partial charge in [0.1, 0.15) is 5.82 Å². The molecule has 0 N–H and O–H groups in total. The maximum Gasteiger partial charge on any atom is 0.134 e. The highest BCUT2D eigenvalue weighted by Crippen LogP contribution is 2.10. The minimum Gasteiger partial charge on any atom is -0.362 e. The summed E-state index contributed by atoms with van der Waals surface area (Å²) in [6, 6.07) is 0. The van der Waals surface area contributed by atoms with Gasteiger partial charge in [-0.05, 0) is 6.92 Å². The lowest BCUT2D eigenvalue weighted by Crippen LogP contribution is -2.11. The van der Waals surface area contributed by atoms with E-state index in [0.29, 0.717) is 0 Å². The Morgan fingerprint density at radius 3 is 2.00 bits per heavy atom. The summed E-state index contributed by atoms with van der Waals surface area (Å²) in [5.41, 5.74) is 0.943. The fourth-order valence-corrected chi connectivity index (χ4v) is 0.836. The third kappa shape index (κ3) is 2.74. The van der Waals surface area contributed by atoms with Crippen LogP contribution in [0.5, 0.6) is 0 Å². The summed E-state index contributed by atoms with van der Waals surface area (Å²) in [5, 5.41) is 0. The standard InChI is InChI=1S/C10H16N2/c1-6-9(7-2)10(11-8-3)12(4)5/h6-8H,1-2H2,3-5H3/b11-8-. The number of hydrogen-bond acceptors (Lipinski definition) is 2. The highest BCUT2D eigenvalue weighted by Gasteiger charge is 1.99. The number of aliphatic imine (C=N–C) groups is 1. The van der Waals surface area contributed by atoms with E-state index in [9.17, 15) is 0 Å². The van der Waals surface area contributed by atoms with Crippen LogP contribution >= 0.6 is 0 Å². The smallest absolute Gasteiger partial charge is 0.134 e. The van der Waals surface area contributed by atoms with E-state index in [1.807, 2.05) is 25.9 Å². The molecule has 0 radical (unpaired) electrons. The number of hydrogen-bond donors (Lipinski definition) is 0. The van der Waals surface area contributed by atoms with Gasteiger partial charge in [0.05, 0.1) is 0 Å². The Bertz CT molecular complexity index is 212. The van der Waals surface area contributed by atoms with Crippen LogP contribution in [0.3, 0.4) is 0 Å². The predicted octanol–water partition coefficient (Wildman–Crippen LogP) is 2.22. The molecule has 0 rings (SSSR count). The number of nitrogens with zero attached hydrogens (tertiary/aromatic N) is 2. The molecule has 0 aliphatic heterocycles. The molecule has 0 amide bonds. The van der Waals surface area contributed by atoms with E-state index in [0.717, 1.165) is 11.4 Å². The Labute approximate surface area is 74.6 Å². The largest absolute Gasteiger partial charge is 0.362 e. The monoisotopic (exact) mass is 164 g/mol. The Morgan fingerprint density at radius 1 is 1.25 bits per heavy atom. The van der Waals surface area contributed by atoms with Crippen molar-refractivity contribution in [2.24, 2.45) is 4.99 Å². The molecule has 0 fully saturated rings. The van der Waals surface area contributed by atoms with E-state index in [1.165, 1.54) is 0 Å². The zero-order valence-electron chi connectivity index (χ0n) is 8.04. The maximum atomic E-state index is 4.20. The lowest BCUT2D eigenvalue weighted by molar-refractivity contribution is 0.504.